The molecule has 0 fully saturated rings. The molecule has 0 N–H and O–H groups in total. The third kappa shape index (κ3) is 4.59. The predicted molar refractivity (Wildman–Crippen MR) is 72.2 cm³/mol. The van der Waals surface area contributed by atoms with Gasteiger partial charge in [0.15, 0.2) is 0 Å². The number of imide groups is 1. The number of Topliss-reactive ketones (excluding diaryl/α,β-unsaturated/α-hetero) is 1. The normalized spacial score (nSPS) is 15.7. The van der Waals surface area contributed by atoms with Gasteiger partial charge >= 0.3 is 0 Å². The van der Waals surface area contributed by atoms with Gasteiger partial charge in [-0.25, -0.2) is 0 Å². The minimum Gasteiger partial charge on any atom is -0.327 e. The van der Waals surface area contributed by atoms with Crippen LogP contribution in [0.4, 0.5) is 0 Å². The van der Waals surface area contributed by atoms with Gasteiger partial charge in [-0.15, -0.1) is 0 Å². The monoisotopic (exact) mass is 267 g/mol. The molecule has 0 saturated heterocycles. The van der Waals surface area contributed by atoms with Crippen LogP contribution in [0.15, 0.2) is 12.2 Å². The van der Waals surface area contributed by atoms with Crippen molar-refractivity contribution in [1.82, 2.24) is 4.90 Å². The van der Waals surface area contributed by atoms with E-state index in [0.29, 0.717) is 24.0 Å². The predicted octanol–water partition coefficient (Wildman–Crippen LogP) is 0.603. The number of nitrogens with zero attached hydrogens (tertiary/aromatic N) is 2. The second-order valence-electron chi connectivity index (χ2n) is 5.92. The Labute approximate surface area is 114 Å². The first-order chi connectivity index (χ1) is 8.73. The Kier molecular flexibility index (Phi) is 5.00. The maximum atomic E-state index is 11.6. The fourth-order valence-corrected chi connectivity index (χ4v) is 1.84. The molecule has 106 valence electrons. The van der Waals surface area contributed by atoms with Crippen LogP contribution >= 0.6 is 0 Å². The van der Waals surface area contributed by atoms with Crippen LogP contribution in [0.25, 0.3) is 0 Å². The summed E-state index contributed by atoms with van der Waals surface area (Å²) >= 11 is 0. The molecule has 0 spiro atoms. The van der Waals surface area contributed by atoms with Gasteiger partial charge in [0.25, 0.3) is 11.8 Å². The van der Waals surface area contributed by atoms with Crippen LogP contribution in [0.2, 0.25) is 0 Å². The van der Waals surface area contributed by atoms with E-state index in [4.69, 9.17) is 0 Å². The van der Waals surface area contributed by atoms with Crippen molar-refractivity contribution >= 4 is 17.6 Å². The summed E-state index contributed by atoms with van der Waals surface area (Å²) in [5, 5.41) is 0. The van der Waals surface area contributed by atoms with E-state index in [1.165, 1.54) is 17.1 Å². The highest BCUT2D eigenvalue weighted by Crippen LogP contribution is 2.08. The molecule has 0 saturated carbocycles. The van der Waals surface area contributed by atoms with Crippen molar-refractivity contribution in [2.24, 2.45) is 5.92 Å². The first-order valence-electron chi connectivity index (χ1n) is 6.61. The molecule has 5 heteroatoms. The molecule has 19 heavy (non-hydrogen) atoms. The smallest absolute Gasteiger partial charge is 0.253 e. The van der Waals surface area contributed by atoms with Gasteiger partial charge in [0.1, 0.15) is 5.78 Å². The molecule has 0 aromatic rings. The number of hydrogen-bond acceptors (Lipinski definition) is 3. The Morgan fingerprint density at radius 1 is 1.16 bits per heavy atom. The van der Waals surface area contributed by atoms with Crippen LogP contribution in [-0.2, 0) is 14.4 Å². The summed E-state index contributed by atoms with van der Waals surface area (Å²) in [4.78, 5) is 35.7. The van der Waals surface area contributed by atoms with E-state index in [9.17, 15) is 14.4 Å². The number of quaternary nitrogens is 1. The van der Waals surface area contributed by atoms with Gasteiger partial charge in [0, 0.05) is 18.1 Å². The summed E-state index contributed by atoms with van der Waals surface area (Å²) in [5.74, 6) is -0.182. The molecule has 0 aromatic carbocycles. The van der Waals surface area contributed by atoms with E-state index < -0.39 is 0 Å². The molecule has 0 unspecified atom stereocenters. The standard InChI is InChI=1S/C14H23N2O3/c1-11(2)12(17)7-9-16(3,4)10-8-15-13(18)5-6-14(15)19/h5-6,11H,7-10H2,1-4H3/q+1. The SMILES string of the molecule is CC(C)C(=O)CC[N+](C)(C)CCN1C(=O)C=CC1=O. The van der Waals surface area contributed by atoms with Crippen molar-refractivity contribution in [2.45, 2.75) is 20.3 Å². The summed E-state index contributed by atoms with van der Waals surface area (Å²) in [6.45, 7) is 5.57. The van der Waals surface area contributed by atoms with Crippen LogP contribution in [-0.4, -0.2) is 60.7 Å². The van der Waals surface area contributed by atoms with Gasteiger partial charge in [-0.1, -0.05) is 13.8 Å². The summed E-state index contributed by atoms with van der Waals surface area (Å²) in [6.07, 6.45) is 3.13. The fraction of sp³-hybridized carbons (Fsp3) is 0.643. The van der Waals surface area contributed by atoms with Crippen LogP contribution in [0.1, 0.15) is 20.3 Å². The van der Waals surface area contributed by atoms with Gasteiger partial charge in [-0.3, -0.25) is 19.3 Å². The van der Waals surface area contributed by atoms with E-state index in [-0.39, 0.29) is 23.5 Å². The van der Waals surface area contributed by atoms with Crippen molar-refractivity contribution in [1.29, 1.82) is 0 Å². The lowest BCUT2D eigenvalue weighted by Crippen LogP contribution is -2.47. The van der Waals surface area contributed by atoms with E-state index in [2.05, 4.69) is 0 Å². The van der Waals surface area contributed by atoms with Crippen molar-refractivity contribution in [3.8, 4) is 0 Å². The summed E-state index contributed by atoms with van der Waals surface area (Å²) in [7, 11) is 4.01. The molecule has 1 aliphatic heterocycles. The zero-order valence-corrected chi connectivity index (χ0v) is 12.2. The first-order valence-corrected chi connectivity index (χ1v) is 6.61. The quantitative estimate of drug-likeness (QED) is 0.501. The van der Waals surface area contributed by atoms with Gasteiger partial charge in [0.2, 0.25) is 0 Å². The number of amides is 2. The van der Waals surface area contributed by atoms with Crippen LogP contribution in [0, 0.1) is 5.92 Å². The highest BCUT2D eigenvalue weighted by Gasteiger charge is 2.26. The fourth-order valence-electron chi connectivity index (χ4n) is 1.84. The van der Waals surface area contributed by atoms with Crippen molar-refractivity contribution < 1.29 is 18.9 Å². The minimum atomic E-state index is -0.247. The second kappa shape index (κ2) is 6.10. The second-order valence-corrected chi connectivity index (χ2v) is 5.92. The highest BCUT2D eigenvalue weighted by atomic mass is 16.2. The van der Waals surface area contributed by atoms with Crippen molar-refractivity contribution in [2.75, 3.05) is 33.7 Å². The Morgan fingerprint density at radius 3 is 2.16 bits per heavy atom. The Bertz CT molecular complexity index is 393. The summed E-state index contributed by atoms with van der Waals surface area (Å²) in [6, 6.07) is 0. The van der Waals surface area contributed by atoms with Crippen LogP contribution in [0.5, 0.6) is 0 Å². The van der Waals surface area contributed by atoms with E-state index in [1.54, 1.807) is 0 Å². The van der Waals surface area contributed by atoms with Gasteiger partial charge in [0.05, 0.1) is 40.2 Å². The Morgan fingerprint density at radius 2 is 1.68 bits per heavy atom. The van der Waals surface area contributed by atoms with Crippen LogP contribution < -0.4 is 0 Å². The zero-order valence-electron chi connectivity index (χ0n) is 12.2. The Balaban J connectivity index is 2.40. The molecule has 2 amide bonds. The molecule has 0 bridgehead atoms. The summed E-state index contributed by atoms with van der Waals surface area (Å²) in [5.41, 5.74) is 0. The molecule has 1 rings (SSSR count). The topological polar surface area (TPSA) is 54.5 Å². The molecular weight excluding hydrogens is 244 g/mol. The van der Waals surface area contributed by atoms with Crippen LogP contribution in [0.3, 0.4) is 0 Å². The average molecular weight is 267 g/mol. The molecule has 0 radical (unpaired) electrons. The maximum Gasteiger partial charge on any atom is 0.253 e. The molecular formula is C14H23N2O3+. The largest absolute Gasteiger partial charge is 0.327 e. The average Bonchev–Trinajstić information content (AvgIpc) is 2.63. The minimum absolute atomic E-state index is 0.0611. The third-order valence-corrected chi connectivity index (χ3v) is 3.44. The zero-order chi connectivity index (χ0) is 14.6. The van der Waals surface area contributed by atoms with Crippen molar-refractivity contribution in [3.05, 3.63) is 12.2 Å². The summed E-state index contributed by atoms with van der Waals surface area (Å²) < 4.78 is 0.621. The van der Waals surface area contributed by atoms with E-state index in [0.717, 1.165) is 6.54 Å². The van der Waals surface area contributed by atoms with Gasteiger partial charge in [-0.05, 0) is 0 Å². The lowest BCUT2D eigenvalue weighted by Gasteiger charge is -2.31. The number of ketones is 1. The lowest BCUT2D eigenvalue weighted by molar-refractivity contribution is -0.888. The van der Waals surface area contributed by atoms with E-state index >= 15 is 0 Å². The third-order valence-electron chi connectivity index (χ3n) is 3.44. The molecule has 1 aliphatic rings. The molecule has 1 heterocycles. The number of carbonyl (C=O) groups excluding carboxylic acids is 3. The molecule has 0 atom stereocenters. The van der Waals surface area contributed by atoms with Gasteiger partial charge < -0.3 is 4.48 Å². The molecule has 5 nitrogen and oxygen atoms in total. The maximum absolute atomic E-state index is 11.6. The highest BCUT2D eigenvalue weighted by molar-refractivity contribution is 6.12. The Hall–Kier alpha value is -1.49. The number of likely N-dealkylation sites (N-methyl/N-ethyl adjacent to an activating group) is 1. The first kappa shape index (κ1) is 15.6. The lowest BCUT2D eigenvalue weighted by atomic mass is 10.1. The van der Waals surface area contributed by atoms with Gasteiger partial charge in [-0.2, -0.15) is 0 Å². The number of hydrogen-bond donors (Lipinski definition) is 0. The van der Waals surface area contributed by atoms with E-state index in [1.807, 2.05) is 27.9 Å². The number of rotatable bonds is 7. The number of carbonyl (C=O) groups is 3. The molecule has 0 aromatic heterocycles. The van der Waals surface area contributed by atoms with Crippen molar-refractivity contribution in [3.63, 3.8) is 0 Å². The molecule has 0 aliphatic carbocycles.